The van der Waals surface area contributed by atoms with Crippen molar-refractivity contribution in [1.82, 2.24) is 15.3 Å². The van der Waals surface area contributed by atoms with E-state index >= 15 is 0 Å². The van der Waals surface area contributed by atoms with E-state index in [0.29, 0.717) is 5.82 Å². The highest BCUT2D eigenvalue weighted by Gasteiger charge is 2.21. The average Bonchev–Trinajstić information content (AvgIpc) is 2.39. The van der Waals surface area contributed by atoms with E-state index in [4.69, 9.17) is 10.7 Å². The quantitative estimate of drug-likeness (QED) is 0.773. The second-order valence-corrected chi connectivity index (χ2v) is 5.43. The third kappa shape index (κ3) is 2.14. The van der Waals surface area contributed by atoms with Crippen LogP contribution in [0.5, 0.6) is 0 Å². The van der Waals surface area contributed by atoms with E-state index in [2.05, 4.69) is 22.1 Å². The first kappa shape index (κ1) is 11.7. The maximum Gasteiger partial charge on any atom is 0.227 e. The Morgan fingerprint density at radius 2 is 2.06 bits per heavy atom. The summed E-state index contributed by atoms with van der Waals surface area (Å²) in [6.07, 6.45) is 3.41. The SMILES string of the molecule is CC1CCN(c2nc(N)c3c(n2)CCNC3)CC1. The van der Waals surface area contributed by atoms with Crippen molar-refractivity contribution in [3.63, 3.8) is 0 Å². The normalized spacial score (nSPS) is 20.8. The van der Waals surface area contributed by atoms with Gasteiger partial charge in [0.2, 0.25) is 5.95 Å². The van der Waals surface area contributed by atoms with Crippen LogP contribution in [0.3, 0.4) is 0 Å². The van der Waals surface area contributed by atoms with Crippen LogP contribution < -0.4 is 16.0 Å². The van der Waals surface area contributed by atoms with Crippen LogP contribution in [0, 0.1) is 5.92 Å². The van der Waals surface area contributed by atoms with Crippen molar-refractivity contribution in [1.29, 1.82) is 0 Å². The van der Waals surface area contributed by atoms with Crippen LogP contribution in [0.4, 0.5) is 11.8 Å². The molecule has 1 fully saturated rings. The largest absolute Gasteiger partial charge is 0.383 e. The van der Waals surface area contributed by atoms with Crippen LogP contribution in [0.2, 0.25) is 0 Å². The highest BCUT2D eigenvalue weighted by Crippen LogP contribution is 2.24. The third-order valence-corrected chi connectivity index (χ3v) is 4.02. The van der Waals surface area contributed by atoms with Crippen LogP contribution in [-0.2, 0) is 13.0 Å². The smallest absolute Gasteiger partial charge is 0.227 e. The number of hydrogen-bond acceptors (Lipinski definition) is 5. The first-order chi connectivity index (χ1) is 8.74. The zero-order valence-electron chi connectivity index (χ0n) is 10.9. The molecule has 0 radical (unpaired) electrons. The molecule has 3 heterocycles. The van der Waals surface area contributed by atoms with E-state index in [0.717, 1.165) is 55.7 Å². The fourth-order valence-corrected chi connectivity index (χ4v) is 2.71. The van der Waals surface area contributed by atoms with Crippen molar-refractivity contribution < 1.29 is 0 Å². The Morgan fingerprint density at radius 1 is 1.28 bits per heavy atom. The monoisotopic (exact) mass is 247 g/mol. The first-order valence-corrected chi connectivity index (χ1v) is 6.85. The predicted molar refractivity (Wildman–Crippen MR) is 72.5 cm³/mol. The van der Waals surface area contributed by atoms with Crippen molar-refractivity contribution in [2.24, 2.45) is 5.92 Å². The molecule has 1 aromatic rings. The summed E-state index contributed by atoms with van der Waals surface area (Å²) in [7, 11) is 0. The molecule has 0 amide bonds. The van der Waals surface area contributed by atoms with Crippen LogP contribution in [0.15, 0.2) is 0 Å². The minimum absolute atomic E-state index is 0.654. The van der Waals surface area contributed by atoms with Gasteiger partial charge < -0.3 is 16.0 Å². The lowest BCUT2D eigenvalue weighted by Crippen LogP contribution is -2.35. The molecule has 5 heteroatoms. The number of anilines is 2. The molecule has 0 aliphatic carbocycles. The van der Waals surface area contributed by atoms with Gasteiger partial charge in [0.15, 0.2) is 0 Å². The lowest BCUT2D eigenvalue weighted by Gasteiger charge is -2.31. The van der Waals surface area contributed by atoms with E-state index in [9.17, 15) is 0 Å². The van der Waals surface area contributed by atoms with E-state index < -0.39 is 0 Å². The molecule has 18 heavy (non-hydrogen) atoms. The number of aromatic nitrogens is 2. The van der Waals surface area contributed by atoms with E-state index in [1.165, 1.54) is 12.8 Å². The second-order valence-electron chi connectivity index (χ2n) is 5.43. The molecule has 2 aliphatic heterocycles. The number of nitrogens with zero attached hydrogens (tertiary/aromatic N) is 3. The summed E-state index contributed by atoms with van der Waals surface area (Å²) in [6.45, 7) is 6.21. The van der Waals surface area contributed by atoms with Crippen LogP contribution in [0.25, 0.3) is 0 Å². The standard InChI is InChI=1S/C13H21N5/c1-9-3-6-18(7-4-9)13-16-11-2-5-15-8-10(11)12(14)17-13/h9,15H,2-8H2,1H3,(H2,14,16,17). The average molecular weight is 247 g/mol. The van der Waals surface area contributed by atoms with Gasteiger partial charge in [0.05, 0.1) is 5.69 Å². The Bertz CT molecular complexity index is 437. The number of fused-ring (bicyclic) bond motifs is 1. The summed E-state index contributed by atoms with van der Waals surface area (Å²) >= 11 is 0. The Kier molecular flexibility index (Phi) is 3.07. The number of nitrogens with one attached hydrogen (secondary N) is 1. The molecule has 3 N–H and O–H groups in total. The third-order valence-electron chi connectivity index (χ3n) is 4.02. The lowest BCUT2D eigenvalue weighted by molar-refractivity contribution is 0.434. The van der Waals surface area contributed by atoms with Gasteiger partial charge in [-0.05, 0) is 18.8 Å². The van der Waals surface area contributed by atoms with Gasteiger partial charge in [-0.1, -0.05) is 6.92 Å². The van der Waals surface area contributed by atoms with Gasteiger partial charge in [-0.15, -0.1) is 0 Å². The fourth-order valence-electron chi connectivity index (χ4n) is 2.71. The summed E-state index contributed by atoms with van der Waals surface area (Å²) in [6, 6.07) is 0. The second kappa shape index (κ2) is 4.72. The summed E-state index contributed by atoms with van der Waals surface area (Å²) in [5.74, 6) is 2.31. The van der Waals surface area contributed by atoms with E-state index in [1.807, 2.05) is 0 Å². The van der Waals surface area contributed by atoms with Crippen molar-refractivity contribution >= 4 is 11.8 Å². The molecular weight excluding hydrogens is 226 g/mol. The van der Waals surface area contributed by atoms with Crippen molar-refractivity contribution in [3.8, 4) is 0 Å². The Balaban J connectivity index is 1.86. The summed E-state index contributed by atoms with van der Waals surface area (Å²) in [5, 5.41) is 3.31. The van der Waals surface area contributed by atoms with Crippen LogP contribution in [0.1, 0.15) is 31.0 Å². The molecule has 1 aromatic heterocycles. The molecule has 98 valence electrons. The van der Waals surface area contributed by atoms with Gasteiger partial charge in [-0.2, -0.15) is 4.98 Å². The molecule has 3 rings (SSSR count). The number of nitrogens with two attached hydrogens (primary N) is 1. The van der Waals surface area contributed by atoms with Gasteiger partial charge >= 0.3 is 0 Å². The molecule has 0 atom stereocenters. The summed E-state index contributed by atoms with van der Waals surface area (Å²) in [5.41, 5.74) is 8.29. The number of rotatable bonds is 1. The maximum absolute atomic E-state index is 6.06. The molecule has 2 aliphatic rings. The maximum atomic E-state index is 6.06. The predicted octanol–water partition coefficient (Wildman–Crippen LogP) is 0.941. The minimum atomic E-state index is 0.654. The van der Waals surface area contributed by atoms with Gasteiger partial charge in [-0.25, -0.2) is 4.98 Å². The molecule has 1 saturated heterocycles. The first-order valence-electron chi connectivity index (χ1n) is 6.85. The zero-order chi connectivity index (χ0) is 12.5. The Labute approximate surface area is 108 Å². The van der Waals surface area contributed by atoms with Gasteiger partial charge in [0.1, 0.15) is 5.82 Å². The Hall–Kier alpha value is -1.36. The topological polar surface area (TPSA) is 67.1 Å². The van der Waals surface area contributed by atoms with Gasteiger partial charge in [0, 0.05) is 38.2 Å². The number of nitrogen functional groups attached to an aromatic ring is 1. The summed E-state index contributed by atoms with van der Waals surface area (Å²) in [4.78, 5) is 11.5. The van der Waals surface area contributed by atoms with Crippen molar-refractivity contribution in [2.45, 2.75) is 32.7 Å². The van der Waals surface area contributed by atoms with E-state index in [-0.39, 0.29) is 0 Å². The number of piperidine rings is 1. The zero-order valence-corrected chi connectivity index (χ0v) is 10.9. The summed E-state index contributed by atoms with van der Waals surface area (Å²) < 4.78 is 0. The van der Waals surface area contributed by atoms with Gasteiger partial charge in [-0.3, -0.25) is 0 Å². The minimum Gasteiger partial charge on any atom is -0.383 e. The molecule has 0 spiro atoms. The van der Waals surface area contributed by atoms with E-state index in [1.54, 1.807) is 0 Å². The molecule has 0 saturated carbocycles. The Morgan fingerprint density at radius 3 is 2.83 bits per heavy atom. The highest BCUT2D eigenvalue weighted by molar-refractivity contribution is 5.49. The lowest BCUT2D eigenvalue weighted by atomic mass is 9.99. The van der Waals surface area contributed by atoms with Crippen LogP contribution in [-0.4, -0.2) is 29.6 Å². The number of hydrogen-bond donors (Lipinski definition) is 2. The van der Waals surface area contributed by atoms with Crippen molar-refractivity contribution in [2.75, 3.05) is 30.3 Å². The molecular formula is C13H21N5. The molecule has 0 aromatic carbocycles. The molecule has 0 unspecified atom stereocenters. The van der Waals surface area contributed by atoms with Gasteiger partial charge in [0.25, 0.3) is 0 Å². The molecule has 5 nitrogen and oxygen atoms in total. The van der Waals surface area contributed by atoms with Crippen LogP contribution >= 0.6 is 0 Å². The highest BCUT2D eigenvalue weighted by atomic mass is 15.3. The van der Waals surface area contributed by atoms with Crippen molar-refractivity contribution in [3.05, 3.63) is 11.3 Å². The molecule has 0 bridgehead atoms. The fraction of sp³-hybridized carbons (Fsp3) is 0.692.